The number of nitrogens with zero attached hydrogens (tertiary/aromatic N) is 1. The zero-order chi connectivity index (χ0) is 20.8. The third-order valence-electron chi connectivity index (χ3n) is 4.83. The van der Waals surface area contributed by atoms with E-state index in [0.717, 1.165) is 27.9 Å². The van der Waals surface area contributed by atoms with Crippen LogP contribution < -0.4 is 10.6 Å². The van der Waals surface area contributed by atoms with Gasteiger partial charge in [-0.05, 0) is 30.2 Å². The van der Waals surface area contributed by atoms with Crippen molar-refractivity contribution in [3.8, 4) is 0 Å². The first kappa shape index (κ1) is 20.0. The van der Waals surface area contributed by atoms with Crippen molar-refractivity contribution in [1.82, 2.24) is 5.32 Å². The fourth-order valence-electron chi connectivity index (χ4n) is 3.34. The van der Waals surface area contributed by atoms with E-state index in [1.54, 1.807) is 11.8 Å². The molecule has 5 heteroatoms. The molecular formula is C25H23N3OS. The highest BCUT2D eigenvalue weighted by molar-refractivity contribution is 8.13. The van der Waals surface area contributed by atoms with Gasteiger partial charge in [-0.1, -0.05) is 90.6 Å². The number of thioether (sulfide) groups is 1. The first-order chi connectivity index (χ1) is 14.7. The van der Waals surface area contributed by atoms with Crippen molar-refractivity contribution in [2.75, 3.05) is 5.32 Å². The third-order valence-corrected chi connectivity index (χ3v) is 5.79. The van der Waals surface area contributed by atoms with Gasteiger partial charge in [-0.2, -0.15) is 0 Å². The number of rotatable bonds is 5. The topological polar surface area (TPSA) is 53.5 Å². The Morgan fingerprint density at radius 2 is 1.53 bits per heavy atom. The van der Waals surface area contributed by atoms with E-state index < -0.39 is 0 Å². The molecule has 0 bridgehead atoms. The van der Waals surface area contributed by atoms with Crippen molar-refractivity contribution < 1.29 is 4.79 Å². The highest BCUT2D eigenvalue weighted by Crippen LogP contribution is 2.33. The number of para-hydroxylation sites is 1. The molecule has 1 amide bonds. The van der Waals surface area contributed by atoms with Crippen molar-refractivity contribution in [3.63, 3.8) is 0 Å². The van der Waals surface area contributed by atoms with Crippen molar-refractivity contribution in [2.45, 2.75) is 18.7 Å². The number of amidine groups is 1. The largest absolute Gasteiger partial charge is 0.338 e. The van der Waals surface area contributed by atoms with E-state index in [1.807, 2.05) is 85.8 Å². The minimum absolute atomic E-state index is 0.143. The molecule has 1 aliphatic heterocycles. The summed E-state index contributed by atoms with van der Waals surface area (Å²) < 4.78 is 0. The van der Waals surface area contributed by atoms with E-state index in [2.05, 4.69) is 22.8 Å². The average molecular weight is 414 g/mol. The summed E-state index contributed by atoms with van der Waals surface area (Å²) in [5.41, 5.74) is 4.45. The summed E-state index contributed by atoms with van der Waals surface area (Å²) in [4.78, 5) is 18.1. The number of amides is 1. The second-order valence-corrected chi connectivity index (χ2v) is 7.97. The summed E-state index contributed by atoms with van der Waals surface area (Å²) in [5, 5.41) is 7.16. The molecule has 30 heavy (non-hydrogen) atoms. The Bertz CT molecular complexity index is 1060. The van der Waals surface area contributed by atoms with Gasteiger partial charge in [-0.3, -0.25) is 4.79 Å². The summed E-state index contributed by atoms with van der Waals surface area (Å²) in [7, 11) is 0. The molecule has 0 spiro atoms. The number of carbonyl (C=O) groups is 1. The SMILES string of the molecule is CC1=C(C(=O)Nc2ccccc2)[C@@H](c2ccccc2)N=C(SCc2ccccc2)N1. The zero-order valence-electron chi connectivity index (χ0n) is 16.7. The Morgan fingerprint density at radius 1 is 0.933 bits per heavy atom. The maximum Gasteiger partial charge on any atom is 0.255 e. The van der Waals surface area contributed by atoms with Gasteiger partial charge in [0.2, 0.25) is 0 Å². The molecule has 0 fully saturated rings. The number of hydrogen-bond donors (Lipinski definition) is 2. The number of nitrogens with one attached hydrogen (secondary N) is 2. The number of carbonyl (C=O) groups excluding carboxylic acids is 1. The number of allylic oxidation sites excluding steroid dienone is 1. The van der Waals surface area contributed by atoms with Crippen molar-refractivity contribution in [1.29, 1.82) is 0 Å². The number of benzene rings is 3. The van der Waals surface area contributed by atoms with E-state index in [9.17, 15) is 4.79 Å². The van der Waals surface area contributed by atoms with Crippen molar-refractivity contribution >= 4 is 28.5 Å². The van der Waals surface area contributed by atoms with Gasteiger partial charge in [0.05, 0.1) is 5.57 Å². The second-order valence-electron chi connectivity index (χ2n) is 7.01. The van der Waals surface area contributed by atoms with E-state index in [1.165, 1.54) is 5.56 Å². The molecule has 0 saturated heterocycles. The maximum atomic E-state index is 13.2. The van der Waals surface area contributed by atoms with Crippen LogP contribution in [0.3, 0.4) is 0 Å². The fourth-order valence-corrected chi connectivity index (χ4v) is 4.24. The van der Waals surface area contributed by atoms with Crippen molar-refractivity contribution in [3.05, 3.63) is 113 Å². The second kappa shape index (κ2) is 9.46. The van der Waals surface area contributed by atoms with Gasteiger partial charge in [-0.25, -0.2) is 4.99 Å². The van der Waals surface area contributed by atoms with Crippen LogP contribution in [-0.4, -0.2) is 11.1 Å². The Kier molecular flexibility index (Phi) is 6.30. The lowest BCUT2D eigenvalue weighted by Crippen LogP contribution is -2.32. The molecule has 3 aromatic carbocycles. The fraction of sp³-hybridized carbons (Fsp3) is 0.120. The van der Waals surface area contributed by atoms with Crippen LogP contribution in [0.5, 0.6) is 0 Å². The molecule has 4 nitrogen and oxygen atoms in total. The van der Waals surface area contributed by atoms with Crippen LogP contribution >= 0.6 is 11.8 Å². The minimum atomic E-state index is -0.352. The van der Waals surface area contributed by atoms with Crippen LogP contribution in [-0.2, 0) is 10.5 Å². The van der Waals surface area contributed by atoms with E-state index in [-0.39, 0.29) is 11.9 Å². The smallest absolute Gasteiger partial charge is 0.255 e. The molecule has 1 aliphatic rings. The van der Waals surface area contributed by atoms with E-state index >= 15 is 0 Å². The molecule has 2 N–H and O–H groups in total. The predicted molar refractivity (Wildman–Crippen MR) is 125 cm³/mol. The van der Waals surface area contributed by atoms with Crippen molar-refractivity contribution in [2.24, 2.45) is 4.99 Å². The van der Waals surface area contributed by atoms with Gasteiger partial charge in [-0.15, -0.1) is 0 Å². The van der Waals surface area contributed by atoms with Crippen LogP contribution in [0.25, 0.3) is 0 Å². The summed E-state index contributed by atoms with van der Waals surface area (Å²) in [5.74, 6) is 0.670. The Balaban J connectivity index is 1.60. The lowest BCUT2D eigenvalue weighted by atomic mass is 9.96. The Hall–Kier alpha value is -3.31. The van der Waals surface area contributed by atoms with E-state index in [0.29, 0.717) is 5.57 Å². The molecule has 3 aromatic rings. The van der Waals surface area contributed by atoms with Gasteiger partial charge in [0.15, 0.2) is 5.17 Å². The molecule has 1 heterocycles. The molecule has 0 aromatic heterocycles. The Labute approximate surface area is 181 Å². The number of hydrogen-bond acceptors (Lipinski definition) is 4. The predicted octanol–water partition coefficient (Wildman–Crippen LogP) is 5.53. The van der Waals surface area contributed by atoms with Crippen LogP contribution in [0.2, 0.25) is 0 Å². The number of aliphatic imine (C=N–C) groups is 1. The molecule has 0 unspecified atom stereocenters. The first-order valence-electron chi connectivity index (χ1n) is 9.84. The molecule has 0 saturated carbocycles. The van der Waals surface area contributed by atoms with Crippen LogP contribution in [0.15, 0.2) is 107 Å². The maximum absolute atomic E-state index is 13.2. The highest BCUT2D eigenvalue weighted by atomic mass is 32.2. The summed E-state index contributed by atoms with van der Waals surface area (Å²) >= 11 is 1.64. The molecule has 0 aliphatic carbocycles. The van der Waals surface area contributed by atoms with Gasteiger partial charge in [0.25, 0.3) is 5.91 Å². The molecular weight excluding hydrogens is 390 g/mol. The monoisotopic (exact) mass is 413 g/mol. The zero-order valence-corrected chi connectivity index (χ0v) is 17.5. The Morgan fingerprint density at radius 3 is 2.20 bits per heavy atom. The summed E-state index contributed by atoms with van der Waals surface area (Å²) in [6.07, 6.45) is 0. The number of anilines is 1. The molecule has 150 valence electrons. The lowest BCUT2D eigenvalue weighted by Gasteiger charge is -2.26. The van der Waals surface area contributed by atoms with Gasteiger partial charge in [0, 0.05) is 17.1 Å². The van der Waals surface area contributed by atoms with Crippen LogP contribution in [0.4, 0.5) is 5.69 Å². The first-order valence-corrected chi connectivity index (χ1v) is 10.8. The third kappa shape index (κ3) is 4.81. The normalized spacial score (nSPS) is 15.9. The molecule has 1 atom stereocenters. The van der Waals surface area contributed by atoms with Crippen LogP contribution in [0.1, 0.15) is 24.1 Å². The lowest BCUT2D eigenvalue weighted by molar-refractivity contribution is -0.113. The van der Waals surface area contributed by atoms with Gasteiger partial charge < -0.3 is 10.6 Å². The molecule has 4 rings (SSSR count). The quantitative estimate of drug-likeness (QED) is 0.578. The van der Waals surface area contributed by atoms with Gasteiger partial charge in [0.1, 0.15) is 6.04 Å². The summed E-state index contributed by atoms with van der Waals surface area (Å²) in [6.45, 7) is 1.94. The van der Waals surface area contributed by atoms with Crippen LogP contribution in [0, 0.1) is 0 Å². The highest BCUT2D eigenvalue weighted by Gasteiger charge is 2.29. The van der Waals surface area contributed by atoms with Gasteiger partial charge >= 0.3 is 0 Å². The minimum Gasteiger partial charge on any atom is -0.338 e. The van der Waals surface area contributed by atoms with E-state index in [4.69, 9.17) is 4.99 Å². The average Bonchev–Trinajstić information content (AvgIpc) is 2.79. The molecule has 0 radical (unpaired) electrons. The standard InChI is InChI=1S/C25H23N3OS/c1-18-22(24(29)27-21-15-9-4-10-16-21)23(20-13-7-3-8-14-20)28-25(26-18)30-17-19-11-5-2-6-12-19/h2-16,23H,17H2,1H3,(H,26,28)(H,27,29)/t23-/m1/s1. The summed E-state index contributed by atoms with van der Waals surface area (Å²) in [6, 6.07) is 29.4.